The fourth-order valence-electron chi connectivity index (χ4n) is 2.22. The van der Waals surface area contributed by atoms with Crippen molar-refractivity contribution in [2.24, 2.45) is 0 Å². The lowest BCUT2D eigenvalue weighted by Crippen LogP contribution is -2.43. The lowest BCUT2D eigenvalue weighted by atomic mass is 9.84. The van der Waals surface area contributed by atoms with Crippen LogP contribution >= 0.6 is 0 Å². The summed E-state index contributed by atoms with van der Waals surface area (Å²) in [5.74, 6) is 0. The summed E-state index contributed by atoms with van der Waals surface area (Å²) in [7, 11) is 2.07. The van der Waals surface area contributed by atoms with Gasteiger partial charge < -0.3 is 5.32 Å². The van der Waals surface area contributed by atoms with Gasteiger partial charge in [0.2, 0.25) is 0 Å². The van der Waals surface area contributed by atoms with Gasteiger partial charge in [0.15, 0.2) is 0 Å². The quantitative estimate of drug-likeness (QED) is 0.492. The molecule has 12 heavy (non-hydrogen) atoms. The highest BCUT2D eigenvalue weighted by atomic mass is 14.9. The Labute approximate surface area is 76.2 Å². The maximum absolute atomic E-state index is 4.10. The van der Waals surface area contributed by atoms with E-state index in [1.165, 1.54) is 44.1 Å². The summed E-state index contributed by atoms with van der Waals surface area (Å²) in [5, 5.41) is 3.46. The number of rotatable bonds is 2. The topological polar surface area (TPSA) is 12.0 Å². The molecule has 0 bridgehead atoms. The SMILES string of the molecule is C=C(C)C1(NC)CCCCCC1. The molecular formula is C11H21N. The molecule has 0 heterocycles. The van der Waals surface area contributed by atoms with Crippen molar-refractivity contribution in [3.05, 3.63) is 12.2 Å². The molecular weight excluding hydrogens is 146 g/mol. The van der Waals surface area contributed by atoms with Gasteiger partial charge in [-0.05, 0) is 26.8 Å². The molecule has 0 atom stereocenters. The van der Waals surface area contributed by atoms with Crippen LogP contribution in [0.15, 0.2) is 12.2 Å². The predicted molar refractivity (Wildman–Crippen MR) is 54.3 cm³/mol. The van der Waals surface area contributed by atoms with Crippen LogP contribution < -0.4 is 5.32 Å². The fraction of sp³-hybridized carbons (Fsp3) is 0.818. The van der Waals surface area contributed by atoms with E-state index >= 15 is 0 Å². The molecule has 70 valence electrons. The molecule has 1 nitrogen and oxygen atoms in total. The second-order valence-electron chi connectivity index (χ2n) is 4.03. The summed E-state index contributed by atoms with van der Waals surface area (Å²) < 4.78 is 0. The largest absolute Gasteiger partial charge is 0.311 e. The maximum Gasteiger partial charge on any atom is 0.0386 e. The van der Waals surface area contributed by atoms with E-state index in [1.807, 2.05) is 0 Å². The zero-order chi connectivity index (χ0) is 9.03. The van der Waals surface area contributed by atoms with Crippen molar-refractivity contribution in [2.75, 3.05) is 7.05 Å². The molecule has 1 rings (SSSR count). The fourth-order valence-corrected chi connectivity index (χ4v) is 2.22. The van der Waals surface area contributed by atoms with Crippen LogP contribution in [0.25, 0.3) is 0 Å². The standard InChI is InChI=1S/C11H21N/c1-10(2)11(12-3)8-6-4-5-7-9-11/h12H,1,4-9H2,2-3H3. The van der Waals surface area contributed by atoms with E-state index in [1.54, 1.807) is 0 Å². The van der Waals surface area contributed by atoms with Gasteiger partial charge in [0.1, 0.15) is 0 Å². The van der Waals surface area contributed by atoms with Gasteiger partial charge in [0, 0.05) is 5.54 Å². The minimum atomic E-state index is 0.260. The monoisotopic (exact) mass is 167 g/mol. The highest BCUT2D eigenvalue weighted by Gasteiger charge is 2.29. The third-order valence-electron chi connectivity index (χ3n) is 3.25. The molecule has 1 N–H and O–H groups in total. The number of likely N-dealkylation sites (N-methyl/N-ethyl adjacent to an activating group) is 1. The lowest BCUT2D eigenvalue weighted by molar-refractivity contribution is 0.363. The first-order valence-corrected chi connectivity index (χ1v) is 5.06. The number of hydrogen-bond acceptors (Lipinski definition) is 1. The van der Waals surface area contributed by atoms with Crippen molar-refractivity contribution in [3.63, 3.8) is 0 Å². The normalized spacial score (nSPS) is 23.2. The molecule has 1 aliphatic rings. The molecule has 1 aliphatic carbocycles. The zero-order valence-electron chi connectivity index (χ0n) is 8.45. The van der Waals surface area contributed by atoms with Gasteiger partial charge in [0.25, 0.3) is 0 Å². The molecule has 0 saturated heterocycles. The van der Waals surface area contributed by atoms with Gasteiger partial charge in [0.05, 0.1) is 0 Å². The van der Waals surface area contributed by atoms with E-state index in [9.17, 15) is 0 Å². The van der Waals surface area contributed by atoms with E-state index < -0.39 is 0 Å². The molecule has 0 aromatic heterocycles. The number of nitrogens with one attached hydrogen (secondary N) is 1. The van der Waals surface area contributed by atoms with E-state index in [0.29, 0.717) is 0 Å². The molecule has 0 aliphatic heterocycles. The molecule has 1 saturated carbocycles. The number of hydrogen-bond donors (Lipinski definition) is 1. The van der Waals surface area contributed by atoms with Gasteiger partial charge in [-0.25, -0.2) is 0 Å². The maximum atomic E-state index is 4.10. The smallest absolute Gasteiger partial charge is 0.0386 e. The molecule has 0 aromatic rings. The Morgan fingerprint density at radius 3 is 2.00 bits per heavy atom. The Hall–Kier alpha value is -0.300. The highest BCUT2D eigenvalue weighted by Crippen LogP contribution is 2.31. The van der Waals surface area contributed by atoms with Gasteiger partial charge in [-0.2, -0.15) is 0 Å². The van der Waals surface area contributed by atoms with Crippen LogP contribution in [-0.4, -0.2) is 12.6 Å². The van der Waals surface area contributed by atoms with E-state index in [2.05, 4.69) is 25.9 Å². The predicted octanol–water partition coefficient (Wildman–Crippen LogP) is 2.87. The molecule has 0 aromatic carbocycles. The molecule has 0 unspecified atom stereocenters. The minimum absolute atomic E-state index is 0.260. The van der Waals surface area contributed by atoms with Gasteiger partial charge in [-0.3, -0.25) is 0 Å². The van der Waals surface area contributed by atoms with Gasteiger partial charge in [-0.1, -0.05) is 37.8 Å². The average molecular weight is 167 g/mol. The van der Waals surface area contributed by atoms with E-state index in [4.69, 9.17) is 0 Å². The highest BCUT2D eigenvalue weighted by molar-refractivity contribution is 5.14. The Morgan fingerprint density at radius 2 is 1.67 bits per heavy atom. The Bertz CT molecular complexity index is 152. The third-order valence-corrected chi connectivity index (χ3v) is 3.25. The molecule has 0 radical (unpaired) electrons. The summed E-state index contributed by atoms with van der Waals surface area (Å²) in [5.41, 5.74) is 1.57. The van der Waals surface area contributed by atoms with Crippen molar-refractivity contribution in [3.8, 4) is 0 Å². The van der Waals surface area contributed by atoms with E-state index in [-0.39, 0.29) is 5.54 Å². The Balaban J connectivity index is 2.68. The van der Waals surface area contributed by atoms with Gasteiger partial charge >= 0.3 is 0 Å². The van der Waals surface area contributed by atoms with Crippen LogP contribution in [0.2, 0.25) is 0 Å². The first-order valence-electron chi connectivity index (χ1n) is 5.06. The molecule has 0 spiro atoms. The van der Waals surface area contributed by atoms with Crippen LogP contribution in [0.3, 0.4) is 0 Å². The van der Waals surface area contributed by atoms with Crippen LogP contribution in [0, 0.1) is 0 Å². The van der Waals surface area contributed by atoms with Crippen molar-refractivity contribution >= 4 is 0 Å². The minimum Gasteiger partial charge on any atom is -0.311 e. The lowest BCUT2D eigenvalue weighted by Gasteiger charge is -2.33. The average Bonchev–Trinajstić information content (AvgIpc) is 2.29. The zero-order valence-corrected chi connectivity index (χ0v) is 8.45. The van der Waals surface area contributed by atoms with Crippen LogP contribution in [0.1, 0.15) is 45.4 Å². The van der Waals surface area contributed by atoms with Crippen LogP contribution in [0.4, 0.5) is 0 Å². The van der Waals surface area contributed by atoms with Crippen molar-refractivity contribution < 1.29 is 0 Å². The molecule has 1 fully saturated rings. The summed E-state index contributed by atoms with van der Waals surface area (Å²) in [4.78, 5) is 0. The molecule has 1 heteroatoms. The second-order valence-corrected chi connectivity index (χ2v) is 4.03. The third kappa shape index (κ3) is 1.89. The van der Waals surface area contributed by atoms with Gasteiger partial charge in [-0.15, -0.1) is 0 Å². The summed E-state index contributed by atoms with van der Waals surface area (Å²) in [6.45, 7) is 6.26. The second kappa shape index (κ2) is 4.08. The van der Waals surface area contributed by atoms with Crippen LogP contribution in [0.5, 0.6) is 0 Å². The summed E-state index contributed by atoms with van der Waals surface area (Å²) in [6, 6.07) is 0. The Kier molecular flexibility index (Phi) is 3.33. The summed E-state index contributed by atoms with van der Waals surface area (Å²) in [6.07, 6.45) is 8.06. The van der Waals surface area contributed by atoms with Crippen LogP contribution in [-0.2, 0) is 0 Å². The van der Waals surface area contributed by atoms with Crippen molar-refractivity contribution in [1.82, 2.24) is 5.32 Å². The van der Waals surface area contributed by atoms with Crippen molar-refractivity contribution in [1.29, 1.82) is 0 Å². The molecule has 0 amide bonds. The van der Waals surface area contributed by atoms with Crippen molar-refractivity contribution in [2.45, 2.75) is 51.0 Å². The van der Waals surface area contributed by atoms with E-state index in [0.717, 1.165) is 0 Å². The first kappa shape index (κ1) is 9.79. The Morgan fingerprint density at radius 1 is 1.17 bits per heavy atom. The summed E-state index contributed by atoms with van der Waals surface area (Å²) >= 11 is 0. The first-order chi connectivity index (χ1) is 5.71.